The largest absolute Gasteiger partial charge is 0.508 e. The van der Waals surface area contributed by atoms with Crippen LogP contribution < -0.4 is 4.74 Å². The minimum Gasteiger partial charge on any atom is -0.508 e. The van der Waals surface area contributed by atoms with Crippen LogP contribution in [0.5, 0.6) is 11.5 Å². The molecule has 2 aromatic carbocycles. The van der Waals surface area contributed by atoms with Crippen LogP contribution in [0.4, 0.5) is 0 Å². The number of carbonyl (C=O) groups is 2. The summed E-state index contributed by atoms with van der Waals surface area (Å²) < 4.78 is 5.47. The lowest BCUT2D eigenvalue weighted by Gasteiger charge is -2.04. The predicted octanol–water partition coefficient (Wildman–Crippen LogP) is 4.26. The van der Waals surface area contributed by atoms with Crippen molar-refractivity contribution in [3.63, 3.8) is 0 Å². The Morgan fingerprint density at radius 3 is 1.87 bits per heavy atom. The third kappa shape index (κ3) is 8.16. The molecule has 0 atom stereocenters. The van der Waals surface area contributed by atoms with E-state index in [1.807, 2.05) is 12.1 Å². The van der Waals surface area contributed by atoms with Gasteiger partial charge in [0.05, 0.1) is 6.61 Å². The van der Waals surface area contributed by atoms with E-state index in [0.29, 0.717) is 11.1 Å². The van der Waals surface area contributed by atoms with Crippen LogP contribution in [0.2, 0.25) is 0 Å². The summed E-state index contributed by atoms with van der Waals surface area (Å²) in [7, 11) is 0. The van der Waals surface area contributed by atoms with Crippen molar-refractivity contribution in [1.82, 2.24) is 0 Å². The van der Waals surface area contributed by atoms with Crippen LogP contribution in [0.3, 0.4) is 0 Å². The normalized spacial score (nSPS) is 9.43. The second-order valence-electron chi connectivity index (χ2n) is 4.64. The van der Waals surface area contributed by atoms with Crippen molar-refractivity contribution >= 4 is 28.5 Å². The van der Waals surface area contributed by atoms with Crippen molar-refractivity contribution in [2.24, 2.45) is 0 Å². The molecule has 0 fully saturated rings. The molecule has 0 saturated carbocycles. The Morgan fingerprint density at radius 1 is 0.870 bits per heavy atom. The first-order valence-electron chi connectivity index (χ1n) is 7.18. The first-order valence-corrected chi connectivity index (χ1v) is 8.30. The summed E-state index contributed by atoms with van der Waals surface area (Å²) >= 11 is 3.36. The smallest absolute Gasteiger partial charge is 0.150 e. The molecule has 0 aliphatic heterocycles. The Morgan fingerprint density at radius 2 is 1.39 bits per heavy atom. The molecular formula is C18H19BrO4. The first kappa shape index (κ1) is 18.9. The molecule has 0 saturated heterocycles. The molecule has 0 aromatic heterocycles. The van der Waals surface area contributed by atoms with Crippen LogP contribution in [0.25, 0.3) is 0 Å². The average Bonchev–Trinajstić information content (AvgIpc) is 2.60. The van der Waals surface area contributed by atoms with Gasteiger partial charge in [-0.15, -0.1) is 0 Å². The van der Waals surface area contributed by atoms with E-state index >= 15 is 0 Å². The fourth-order valence-electron chi connectivity index (χ4n) is 1.58. The van der Waals surface area contributed by atoms with Gasteiger partial charge in [0.15, 0.2) is 0 Å². The van der Waals surface area contributed by atoms with E-state index in [4.69, 9.17) is 9.84 Å². The van der Waals surface area contributed by atoms with E-state index in [2.05, 4.69) is 15.9 Å². The number of benzene rings is 2. The van der Waals surface area contributed by atoms with Gasteiger partial charge in [0.2, 0.25) is 0 Å². The topological polar surface area (TPSA) is 63.6 Å². The Bertz CT molecular complexity index is 579. The molecule has 0 bridgehead atoms. The minimum atomic E-state index is 0.181. The number of phenols is 1. The summed E-state index contributed by atoms with van der Waals surface area (Å²) in [6.07, 6.45) is 3.72. The monoisotopic (exact) mass is 378 g/mol. The Balaban J connectivity index is 0.000000253. The van der Waals surface area contributed by atoms with Gasteiger partial charge in [0, 0.05) is 16.5 Å². The molecule has 122 valence electrons. The maximum absolute atomic E-state index is 10.4. The van der Waals surface area contributed by atoms with Crippen molar-refractivity contribution in [1.29, 1.82) is 0 Å². The quantitative estimate of drug-likeness (QED) is 0.444. The van der Waals surface area contributed by atoms with Crippen molar-refractivity contribution < 1.29 is 19.4 Å². The maximum atomic E-state index is 10.4. The minimum absolute atomic E-state index is 0.181. The Labute approximate surface area is 144 Å². The van der Waals surface area contributed by atoms with Crippen LogP contribution >= 0.6 is 15.9 Å². The number of aldehydes is 2. The SMILES string of the molecule is O=Cc1ccc(O)cc1.O=Cc1ccc(OCCCCBr)cc1. The van der Waals surface area contributed by atoms with E-state index in [1.165, 1.54) is 12.1 Å². The lowest BCUT2D eigenvalue weighted by atomic mass is 10.2. The zero-order valence-corrected chi connectivity index (χ0v) is 14.2. The molecule has 0 aliphatic carbocycles. The molecule has 0 spiro atoms. The lowest BCUT2D eigenvalue weighted by molar-refractivity contribution is 0.111. The number of halogens is 1. The molecule has 0 unspecified atom stereocenters. The van der Waals surface area contributed by atoms with Gasteiger partial charge in [-0.05, 0) is 61.4 Å². The average molecular weight is 379 g/mol. The molecule has 0 amide bonds. The number of alkyl halides is 1. The zero-order valence-electron chi connectivity index (χ0n) is 12.7. The van der Waals surface area contributed by atoms with E-state index in [9.17, 15) is 9.59 Å². The predicted molar refractivity (Wildman–Crippen MR) is 93.8 cm³/mol. The van der Waals surface area contributed by atoms with Crippen LogP contribution in [-0.4, -0.2) is 29.6 Å². The Kier molecular flexibility index (Phi) is 9.40. The van der Waals surface area contributed by atoms with Gasteiger partial charge >= 0.3 is 0 Å². The highest BCUT2D eigenvalue weighted by Crippen LogP contribution is 2.11. The number of phenolic OH excluding ortho intramolecular Hbond substituents is 1. The van der Waals surface area contributed by atoms with Crippen molar-refractivity contribution in [2.45, 2.75) is 12.8 Å². The molecule has 0 heterocycles. The van der Waals surface area contributed by atoms with Gasteiger partial charge in [0.25, 0.3) is 0 Å². The third-order valence-corrected chi connectivity index (χ3v) is 3.40. The second kappa shape index (κ2) is 11.4. The highest BCUT2D eigenvalue weighted by Gasteiger charge is 1.94. The summed E-state index contributed by atoms with van der Waals surface area (Å²) in [5, 5.41) is 9.75. The number of carbonyl (C=O) groups excluding carboxylic acids is 2. The molecule has 2 aromatic rings. The number of ether oxygens (including phenoxy) is 1. The number of rotatable bonds is 7. The highest BCUT2D eigenvalue weighted by molar-refractivity contribution is 9.09. The summed E-state index contributed by atoms with van der Waals surface area (Å²) in [5.74, 6) is 1.01. The molecule has 1 N–H and O–H groups in total. The molecular weight excluding hydrogens is 360 g/mol. The molecule has 0 aliphatic rings. The van der Waals surface area contributed by atoms with Crippen LogP contribution in [-0.2, 0) is 0 Å². The number of hydrogen-bond acceptors (Lipinski definition) is 4. The van der Waals surface area contributed by atoms with E-state index in [0.717, 1.165) is 43.1 Å². The standard InChI is InChI=1S/C11H13BrO2.C7H6O2/c12-7-1-2-8-14-11-5-3-10(9-13)4-6-11;8-5-6-1-3-7(9)4-2-6/h3-6,9H,1-2,7-8H2;1-5,9H. The third-order valence-electron chi connectivity index (χ3n) is 2.84. The van der Waals surface area contributed by atoms with Gasteiger partial charge in [-0.25, -0.2) is 0 Å². The summed E-state index contributed by atoms with van der Waals surface area (Å²) in [6.45, 7) is 0.728. The molecule has 4 nitrogen and oxygen atoms in total. The number of hydrogen-bond donors (Lipinski definition) is 1. The first-order chi connectivity index (χ1) is 11.2. The van der Waals surface area contributed by atoms with Gasteiger partial charge in [-0.1, -0.05) is 15.9 Å². The Hall–Kier alpha value is -2.14. The lowest BCUT2D eigenvalue weighted by Crippen LogP contribution is -1.97. The molecule has 23 heavy (non-hydrogen) atoms. The number of aromatic hydroxyl groups is 1. The molecule has 5 heteroatoms. The van der Waals surface area contributed by atoms with Gasteiger partial charge < -0.3 is 9.84 Å². The fourth-order valence-corrected chi connectivity index (χ4v) is 1.98. The van der Waals surface area contributed by atoms with Gasteiger partial charge in [-0.2, -0.15) is 0 Å². The zero-order chi connectivity index (χ0) is 16.9. The molecule has 2 rings (SSSR count). The van der Waals surface area contributed by atoms with E-state index in [-0.39, 0.29) is 5.75 Å². The molecule has 0 radical (unpaired) electrons. The van der Waals surface area contributed by atoms with Gasteiger partial charge in [-0.3, -0.25) is 9.59 Å². The van der Waals surface area contributed by atoms with Crippen LogP contribution in [0.15, 0.2) is 48.5 Å². The van der Waals surface area contributed by atoms with Crippen molar-refractivity contribution in [3.05, 3.63) is 59.7 Å². The summed E-state index contributed by atoms with van der Waals surface area (Å²) in [6, 6.07) is 13.2. The van der Waals surface area contributed by atoms with E-state index in [1.54, 1.807) is 24.3 Å². The van der Waals surface area contributed by atoms with Crippen molar-refractivity contribution in [3.8, 4) is 11.5 Å². The highest BCUT2D eigenvalue weighted by atomic mass is 79.9. The van der Waals surface area contributed by atoms with Crippen molar-refractivity contribution in [2.75, 3.05) is 11.9 Å². The summed E-state index contributed by atoms with van der Waals surface area (Å²) in [4.78, 5) is 20.4. The van der Waals surface area contributed by atoms with Gasteiger partial charge in [0.1, 0.15) is 24.1 Å². The second-order valence-corrected chi connectivity index (χ2v) is 5.43. The van der Waals surface area contributed by atoms with E-state index < -0.39 is 0 Å². The number of unbranched alkanes of at least 4 members (excludes halogenated alkanes) is 1. The fraction of sp³-hybridized carbons (Fsp3) is 0.222. The van der Waals surface area contributed by atoms with Crippen LogP contribution in [0, 0.1) is 0 Å². The maximum Gasteiger partial charge on any atom is 0.150 e. The summed E-state index contributed by atoms with van der Waals surface area (Å²) in [5.41, 5.74) is 1.26. The van der Waals surface area contributed by atoms with Crippen LogP contribution in [0.1, 0.15) is 33.6 Å².